The average Bonchev–Trinajstić information content (AvgIpc) is 0. The van der Waals surface area contributed by atoms with E-state index in [1.54, 1.807) is 0 Å². The molecule has 0 aromatic carbocycles. The Morgan fingerprint density at radius 2 is 1.00 bits per heavy atom. The molecule has 0 aliphatic carbocycles. The predicted octanol–water partition coefficient (Wildman–Crippen LogP) is -1.19. The third-order valence-electron chi connectivity index (χ3n) is 0. The molecule has 0 N–H and O–H groups in total. The number of hydrogen-bond donors (Lipinski definition) is 0. The Kier molecular flexibility index (Phi) is 121. The van der Waals surface area contributed by atoms with E-state index < -0.39 is 0 Å². The minimum atomic E-state index is 0. The predicted molar refractivity (Wildman–Crippen MR) is 9.94 cm³/mol. The third-order valence-corrected chi connectivity index (χ3v) is 0. The van der Waals surface area contributed by atoms with Crippen LogP contribution < -0.4 is 0 Å². The van der Waals surface area contributed by atoms with E-state index in [2.05, 4.69) is 0 Å². The van der Waals surface area contributed by atoms with Crippen LogP contribution in [0.15, 0.2) is 0 Å². The summed E-state index contributed by atoms with van der Waals surface area (Å²) in [6.07, 6.45) is 0. The van der Waals surface area contributed by atoms with Gasteiger partial charge in [-0.15, -0.1) is 0 Å². The molecule has 0 bridgehead atoms. The molecule has 0 saturated carbocycles. The van der Waals surface area contributed by atoms with E-state index in [-0.39, 0.29) is 93.3 Å². The van der Waals surface area contributed by atoms with Crippen LogP contribution in [0.1, 0.15) is 0 Å². The maximum Gasteiger partial charge on any atom is 0.0814 e. The van der Waals surface area contributed by atoms with Crippen LogP contribution in [-0.2, 0) is 44.1 Å². The second-order valence-corrected chi connectivity index (χ2v) is 0. The number of rotatable bonds is 0. The normalized spacial score (nSPS) is 0. The van der Waals surface area contributed by atoms with E-state index in [0.29, 0.717) is 0 Å². The summed E-state index contributed by atoms with van der Waals surface area (Å²) in [6, 6.07) is 0. The first-order chi connectivity index (χ1) is 0. The van der Waals surface area contributed by atoms with Crippen molar-refractivity contribution in [3.8, 4) is 0 Å². The van der Waals surface area contributed by atoms with Crippen LogP contribution >= 0.6 is 0 Å². The summed E-state index contributed by atoms with van der Waals surface area (Å²) < 4.78 is 0. The van der Waals surface area contributed by atoms with E-state index in [1.807, 2.05) is 0 Å². The molecule has 0 aliphatic heterocycles. The summed E-state index contributed by atoms with van der Waals surface area (Å²) in [5.41, 5.74) is 0. The Bertz CT molecular complexity index is 8.00. The molecule has 0 rings (SSSR count). The summed E-state index contributed by atoms with van der Waals surface area (Å²) in [6.45, 7) is 0. The van der Waals surface area contributed by atoms with Crippen LogP contribution in [0.4, 0.5) is 0 Å². The Morgan fingerprint density at radius 1 is 1.00 bits per heavy atom. The molecule has 19 valence electrons. The second kappa shape index (κ2) is 16.9. The van der Waals surface area contributed by atoms with Crippen molar-refractivity contribution in [2.24, 2.45) is 0 Å². The molecular formula is H3BNdTaTi. The van der Waals surface area contributed by atoms with E-state index >= 15 is 0 Å². The number of hydrogen-bond acceptors (Lipinski definition) is 0. The van der Waals surface area contributed by atoms with Gasteiger partial charge in [0.05, 0.1) is 8.41 Å². The molecule has 0 fully saturated rings. The largest absolute Gasteiger partial charge is 0.0814 e. The fourth-order valence-electron chi connectivity index (χ4n) is 0. The maximum atomic E-state index is 0. The molecule has 0 spiro atoms. The summed E-state index contributed by atoms with van der Waals surface area (Å²) in [4.78, 5) is 0. The van der Waals surface area contributed by atoms with Gasteiger partial charge in [0, 0.05) is 84.9 Å². The van der Waals surface area contributed by atoms with E-state index in [9.17, 15) is 0 Å². The zero-order chi connectivity index (χ0) is 0. The molecule has 0 aliphatic rings. The fraction of sp³-hybridized carbons (Fsp3) is 0. The van der Waals surface area contributed by atoms with E-state index in [1.165, 1.54) is 0 Å². The Hall–Kier alpha value is 2.87. The first-order valence-corrected chi connectivity index (χ1v) is 0. The van der Waals surface area contributed by atoms with Gasteiger partial charge in [-0.05, 0) is 0 Å². The van der Waals surface area contributed by atoms with Crippen LogP contribution in [0, 0.1) is 40.8 Å². The summed E-state index contributed by atoms with van der Waals surface area (Å²) in [7, 11) is 0. The van der Waals surface area contributed by atoms with Gasteiger partial charge in [0.25, 0.3) is 0 Å². The Morgan fingerprint density at radius 3 is 1.00 bits per heavy atom. The van der Waals surface area contributed by atoms with Gasteiger partial charge >= 0.3 is 0 Å². The molecule has 4 heteroatoms. The van der Waals surface area contributed by atoms with Crippen molar-refractivity contribution in [3.63, 3.8) is 0 Å². The summed E-state index contributed by atoms with van der Waals surface area (Å²) in [5.74, 6) is 0. The van der Waals surface area contributed by atoms with Gasteiger partial charge < -0.3 is 0 Å². The molecule has 0 aromatic rings. The topological polar surface area (TPSA) is 0 Å². The van der Waals surface area contributed by atoms with Gasteiger partial charge in [-0.3, -0.25) is 0 Å². The molecular weight excluding hydrogens is 384 g/mol. The van der Waals surface area contributed by atoms with Gasteiger partial charge in [0.2, 0.25) is 0 Å². The summed E-state index contributed by atoms with van der Waals surface area (Å²) in [5, 5.41) is 0. The standard InChI is InChI=1S/BH3.Nd.Ta.Ti/h1H3;;;. The van der Waals surface area contributed by atoms with E-state index in [4.69, 9.17) is 0 Å². The smallest absolute Gasteiger partial charge is 0 e. The van der Waals surface area contributed by atoms with Crippen LogP contribution in [0.3, 0.4) is 0 Å². The minimum Gasteiger partial charge on any atom is 0 e. The average molecular weight is 387 g/mol. The molecule has 0 saturated heterocycles. The van der Waals surface area contributed by atoms with Crippen molar-refractivity contribution < 1.29 is 84.9 Å². The van der Waals surface area contributed by atoms with Crippen molar-refractivity contribution in [3.05, 3.63) is 0 Å². The van der Waals surface area contributed by atoms with Gasteiger partial charge in [0.15, 0.2) is 0 Å². The van der Waals surface area contributed by atoms with Crippen molar-refractivity contribution in [2.75, 3.05) is 0 Å². The van der Waals surface area contributed by atoms with Crippen LogP contribution in [-0.4, -0.2) is 8.41 Å². The molecule has 0 heterocycles. The van der Waals surface area contributed by atoms with Gasteiger partial charge in [-0.2, -0.15) is 0 Å². The fourth-order valence-corrected chi connectivity index (χ4v) is 0. The Balaban J connectivity index is 0. The summed E-state index contributed by atoms with van der Waals surface area (Å²) >= 11 is 0. The minimum absolute atomic E-state index is 0. The van der Waals surface area contributed by atoms with Gasteiger partial charge in [-0.25, -0.2) is 0 Å². The Labute approximate surface area is 91.4 Å². The van der Waals surface area contributed by atoms with Crippen molar-refractivity contribution in [1.29, 1.82) is 0 Å². The zero-order valence-electron chi connectivity index (χ0n) is 1.45. The molecule has 0 atom stereocenters. The monoisotopic (exact) mass is 385 g/mol. The second-order valence-electron chi connectivity index (χ2n) is 0. The molecule has 0 aromatic heterocycles. The first-order valence-electron chi connectivity index (χ1n) is 0. The van der Waals surface area contributed by atoms with Crippen LogP contribution in [0.5, 0.6) is 0 Å². The maximum absolute atomic E-state index is 0. The molecule has 4 heavy (non-hydrogen) atoms. The molecule has 0 unspecified atom stereocenters. The van der Waals surface area contributed by atoms with Gasteiger partial charge in [-0.1, -0.05) is 0 Å². The first kappa shape index (κ1) is 28.7. The third kappa shape index (κ3) is 8.85. The van der Waals surface area contributed by atoms with Crippen molar-refractivity contribution in [1.82, 2.24) is 0 Å². The van der Waals surface area contributed by atoms with Crippen molar-refractivity contribution >= 4 is 8.41 Å². The molecule has 0 amide bonds. The van der Waals surface area contributed by atoms with Gasteiger partial charge in [0.1, 0.15) is 0 Å². The van der Waals surface area contributed by atoms with Crippen LogP contribution in [0.2, 0.25) is 0 Å². The SMILES string of the molecule is B.[Nd].[Ta].[Ti]. The quantitative estimate of drug-likeness (QED) is 0.459. The van der Waals surface area contributed by atoms with E-state index in [0.717, 1.165) is 0 Å². The zero-order valence-corrected chi connectivity index (χ0v) is 9.43. The molecule has 1 radical (unpaired) electrons. The molecule has 0 nitrogen and oxygen atoms in total. The van der Waals surface area contributed by atoms with Crippen LogP contribution in [0.25, 0.3) is 0 Å². The van der Waals surface area contributed by atoms with Crippen molar-refractivity contribution in [2.45, 2.75) is 0 Å².